The maximum atomic E-state index is 11.2. The van der Waals surface area contributed by atoms with Crippen LogP contribution < -0.4 is 4.90 Å². The van der Waals surface area contributed by atoms with E-state index in [4.69, 9.17) is 0 Å². The molecule has 2 rings (SSSR count). The summed E-state index contributed by atoms with van der Waals surface area (Å²) in [4.78, 5) is 19.8. The second kappa shape index (κ2) is 4.81. The van der Waals surface area contributed by atoms with E-state index >= 15 is 0 Å². The van der Waals surface area contributed by atoms with Crippen molar-refractivity contribution in [3.63, 3.8) is 0 Å². The molecule has 0 unspecified atom stereocenters. The zero-order valence-corrected chi connectivity index (χ0v) is 10.4. The number of esters is 1. The van der Waals surface area contributed by atoms with Crippen molar-refractivity contribution < 1.29 is 9.53 Å². The molecule has 1 fully saturated rings. The van der Waals surface area contributed by atoms with Gasteiger partial charge in [-0.1, -0.05) is 0 Å². The molecule has 0 aliphatic carbocycles. The molecule has 2 heterocycles. The van der Waals surface area contributed by atoms with E-state index in [1.165, 1.54) is 26.4 Å². The standard InChI is InChI=1S/C10H14N2O2Se/c1-14-9(13)8-7-15-10(11-8)12-5-3-2-4-6-12/h7H,2-6H2,1H3. The molecule has 0 amide bonds. The molecule has 0 atom stereocenters. The maximum absolute atomic E-state index is 11.2. The van der Waals surface area contributed by atoms with Crippen LogP contribution in [0.1, 0.15) is 29.8 Å². The van der Waals surface area contributed by atoms with Gasteiger partial charge in [0.2, 0.25) is 0 Å². The summed E-state index contributed by atoms with van der Waals surface area (Å²) in [7, 11) is 1.39. The number of methoxy groups -OCH3 is 1. The Kier molecular flexibility index (Phi) is 3.44. The molecule has 0 spiro atoms. The van der Waals surface area contributed by atoms with E-state index in [0.29, 0.717) is 5.69 Å². The Morgan fingerprint density at radius 3 is 2.87 bits per heavy atom. The van der Waals surface area contributed by atoms with Gasteiger partial charge in [-0.25, -0.2) is 0 Å². The van der Waals surface area contributed by atoms with Crippen LogP contribution in [0.2, 0.25) is 0 Å². The Hall–Kier alpha value is -0.801. The predicted octanol–water partition coefficient (Wildman–Crippen LogP) is 0.915. The minimum atomic E-state index is -0.316. The summed E-state index contributed by atoms with van der Waals surface area (Å²) in [6, 6.07) is 0. The van der Waals surface area contributed by atoms with Gasteiger partial charge in [-0.15, -0.1) is 0 Å². The average molecular weight is 273 g/mol. The monoisotopic (exact) mass is 274 g/mol. The van der Waals surface area contributed by atoms with Gasteiger partial charge in [0.1, 0.15) is 0 Å². The summed E-state index contributed by atoms with van der Waals surface area (Å²) in [6.07, 6.45) is 3.79. The topological polar surface area (TPSA) is 42.4 Å². The summed E-state index contributed by atoms with van der Waals surface area (Å²) in [5.41, 5.74) is 0.484. The molecule has 1 aromatic rings. The van der Waals surface area contributed by atoms with E-state index < -0.39 is 0 Å². The summed E-state index contributed by atoms with van der Waals surface area (Å²) >= 11 is 0.209. The van der Waals surface area contributed by atoms with E-state index in [0.717, 1.165) is 17.8 Å². The van der Waals surface area contributed by atoms with Gasteiger partial charge in [0.25, 0.3) is 0 Å². The number of anilines is 1. The first-order valence-electron chi connectivity index (χ1n) is 5.10. The van der Waals surface area contributed by atoms with Crippen LogP contribution in [0.15, 0.2) is 4.94 Å². The summed E-state index contributed by atoms with van der Waals surface area (Å²) in [5.74, 6) is -0.316. The number of piperidine rings is 1. The van der Waals surface area contributed by atoms with Crippen LogP contribution in [0, 0.1) is 0 Å². The fraction of sp³-hybridized carbons (Fsp3) is 0.600. The number of hydrogen-bond donors (Lipinski definition) is 0. The van der Waals surface area contributed by atoms with Gasteiger partial charge in [0.05, 0.1) is 0 Å². The van der Waals surface area contributed by atoms with Gasteiger partial charge < -0.3 is 0 Å². The molecule has 5 heteroatoms. The van der Waals surface area contributed by atoms with Crippen molar-refractivity contribution in [2.24, 2.45) is 0 Å². The quantitative estimate of drug-likeness (QED) is 0.593. The Balaban J connectivity index is 2.08. The third kappa shape index (κ3) is 2.41. The fourth-order valence-corrected chi connectivity index (χ4v) is 3.47. The van der Waals surface area contributed by atoms with Crippen LogP contribution in [-0.2, 0) is 4.74 Å². The number of nitrogens with zero attached hydrogens (tertiary/aromatic N) is 2. The molecule has 15 heavy (non-hydrogen) atoms. The summed E-state index contributed by atoms with van der Waals surface area (Å²) < 4.78 is 5.73. The Labute approximate surface area is 95.0 Å². The SMILES string of the molecule is COC(=O)c1c[se]c(N2CCCCC2)n1. The Bertz CT molecular complexity index is 345. The van der Waals surface area contributed by atoms with Crippen LogP contribution in [0.25, 0.3) is 0 Å². The van der Waals surface area contributed by atoms with Gasteiger partial charge in [-0.2, -0.15) is 0 Å². The van der Waals surface area contributed by atoms with Crippen LogP contribution >= 0.6 is 0 Å². The normalized spacial score (nSPS) is 16.5. The van der Waals surface area contributed by atoms with E-state index in [1.807, 2.05) is 4.94 Å². The van der Waals surface area contributed by atoms with E-state index in [1.54, 1.807) is 0 Å². The zero-order valence-electron chi connectivity index (χ0n) is 8.73. The number of carbonyl (C=O) groups excluding carboxylic acids is 1. The zero-order chi connectivity index (χ0) is 10.7. The van der Waals surface area contributed by atoms with Crippen molar-refractivity contribution in [2.75, 3.05) is 25.1 Å². The first-order chi connectivity index (χ1) is 7.31. The summed E-state index contributed by atoms with van der Waals surface area (Å²) in [5, 5.41) is 0. The van der Waals surface area contributed by atoms with Crippen molar-refractivity contribution in [1.29, 1.82) is 0 Å². The molecule has 0 radical (unpaired) electrons. The second-order valence-electron chi connectivity index (χ2n) is 3.55. The number of hydrogen-bond acceptors (Lipinski definition) is 4. The molecule has 1 aliphatic rings. The number of aromatic nitrogens is 1. The van der Waals surface area contributed by atoms with Crippen molar-refractivity contribution >= 4 is 25.2 Å². The Morgan fingerprint density at radius 2 is 2.20 bits per heavy atom. The molecule has 1 aliphatic heterocycles. The third-order valence-electron chi connectivity index (χ3n) is 2.51. The molecule has 82 valence electrons. The van der Waals surface area contributed by atoms with E-state index in [9.17, 15) is 4.79 Å². The van der Waals surface area contributed by atoms with E-state index in [-0.39, 0.29) is 20.5 Å². The van der Waals surface area contributed by atoms with Crippen molar-refractivity contribution in [3.05, 3.63) is 10.6 Å². The van der Waals surface area contributed by atoms with Gasteiger partial charge in [0.15, 0.2) is 0 Å². The van der Waals surface area contributed by atoms with Crippen LogP contribution in [0.3, 0.4) is 0 Å². The van der Waals surface area contributed by atoms with Crippen molar-refractivity contribution in [2.45, 2.75) is 19.3 Å². The fourth-order valence-electron chi connectivity index (χ4n) is 1.69. The number of ether oxygens (including phenoxy) is 1. The van der Waals surface area contributed by atoms with Crippen LogP contribution in [0.5, 0.6) is 0 Å². The van der Waals surface area contributed by atoms with Gasteiger partial charge in [-0.3, -0.25) is 0 Å². The van der Waals surface area contributed by atoms with E-state index in [2.05, 4.69) is 14.6 Å². The molecular weight excluding hydrogens is 259 g/mol. The molecule has 0 bridgehead atoms. The van der Waals surface area contributed by atoms with Gasteiger partial charge in [-0.05, 0) is 0 Å². The molecule has 0 N–H and O–H groups in total. The molecular formula is C10H14N2O2Se. The second-order valence-corrected chi connectivity index (χ2v) is 5.31. The molecule has 0 aromatic carbocycles. The van der Waals surface area contributed by atoms with Gasteiger partial charge in [0, 0.05) is 0 Å². The summed E-state index contributed by atoms with van der Waals surface area (Å²) in [6.45, 7) is 2.17. The van der Waals surface area contributed by atoms with Crippen molar-refractivity contribution in [3.8, 4) is 0 Å². The third-order valence-corrected chi connectivity index (χ3v) is 4.40. The van der Waals surface area contributed by atoms with Gasteiger partial charge >= 0.3 is 94.7 Å². The van der Waals surface area contributed by atoms with Crippen molar-refractivity contribution in [1.82, 2.24) is 4.98 Å². The first kappa shape index (κ1) is 10.7. The molecule has 0 saturated carbocycles. The molecule has 4 nitrogen and oxygen atoms in total. The van der Waals surface area contributed by atoms with Crippen LogP contribution in [-0.4, -0.2) is 45.7 Å². The first-order valence-corrected chi connectivity index (χ1v) is 6.94. The minimum absolute atomic E-state index is 0.209. The predicted molar refractivity (Wildman–Crippen MR) is 58.6 cm³/mol. The molecule has 1 aromatic heterocycles. The average Bonchev–Trinajstić information content (AvgIpc) is 2.78. The number of rotatable bonds is 2. The van der Waals surface area contributed by atoms with Crippen LogP contribution in [0.4, 0.5) is 4.69 Å². The number of carbonyl (C=O) groups is 1. The molecule has 1 saturated heterocycles. The Morgan fingerprint density at radius 1 is 1.47 bits per heavy atom.